The van der Waals surface area contributed by atoms with Crippen molar-refractivity contribution in [2.75, 3.05) is 24.6 Å². The minimum Gasteiger partial charge on any atom is -0.330 e. The molecule has 3 N–H and O–H groups in total. The zero-order chi connectivity index (χ0) is 9.45. The van der Waals surface area contributed by atoms with Crippen LogP contribution in [0.2, 0.25) is 0 Å². The minimum atomic E-state index is 0.249. The maximum Gasteiger partial charge on any atom is 0.0163 e. The van der Waals surface area contributed by atoms with Crippen LogP contribution in [0.1, 0.15) is 20.8 Å². The molecule has 0 rings (SSSR count). The highest BCUT2D eigenvalue weighted by atomic mass is 33.1. The molecule has 0 amide bonds. The summed E-state index contributed by atoms with van der Waals surface area (Å²) in [5, 5.41) is 3.43. The van der Waals surface area contributed by atoms with Gasteiger partial charge in [-0.3, -0.25) is 0 Å². The van der Waals surface area contributed by atoms with Crippen LogP contribution in [-0.2, 0) is 0 Å². The lowest BCUT2D eigenvalue weighted by Gasteiger charge is -2.19. The number of nitrogens with two attached hydrogens (primary N) is 1. The SMILES string of the molecule is CC(C)(C)NCCSSCCN. The van der Waals surface area contributed by atoms with E-state index in [-0.39, 0.29) is 5.54 Å². The summed E-state index contributed by atoms with van der Waals surface area (Å²) in [7, 11) is 3.75. The fraction of sp³-hybridized carbons (Fsp3) is 1.00. The predicted octanol–water partition coefficient (Wildman–Crippen LogP) is 1.71. The fourth-order valence-corrected chi connectivity index (χ4v) is 2.40. The van der Waals surface area contributed by atoms with Crippen molar-refractivity contribution in [1.82, 2.24) is 5.32 Å². The second-order valence-corrected chi connectivity index (χ2v) is 6.31. The van der Waals surface area contributed by atoms with Gasteiger partial charge in [0.05, 0.1) is 0 Å². The van der Waals surface area contributed by atoms with Crippen LogP contribution < -0.4 is 11.1 Å². The van der Waals surface area contributed by atoms with Gasteiger partial charge >= 0.3 is 0 Å². The van der Waals surface area contributed by atoms with Crippen LogP contribution in [0.5, 0.6) is 0 Å². The highest BCUT2D eigenvalue weighted by molar-refractivity contribution is 8.76. The highest BCUT2D eigenvalue weighted by Gasteiger charge is 2.06. The summed E-state index contributed by atoms with van der Waals surface area (Å²) in [5.41, 5.74) is 5.61. The second-order valence-electron chi connectivity index (χ2n) is 3.61. The van der Waals surface area contributed by atoms with Crippen LogP contribution in [0, 0.1) is 0 Å². The van der Waals surface area contributed by atoms with E-state index in [1.54, 1.807) is 0 Å². The maximum atomic E-state index is 5.36. The Kier molecular flexibility index (Phi) is 7.43. The van der Waals surface area contributed by atoms with E-state index in [0.29, 0.717) is 0 Å². The Bertz CT molecular complexity index is 102. The molecule has 0 aromatic carbocycles. The van der Waals surface area contributed by atoms with E-state index in [2.05, 4.69) is 26.1 Å². The normalized spacial score (nSPS) is 12.0. The average Bonchev–Trinajstić information content (AvgIpc) is 1.94. The lowest BCUT2D eigenvalue weighted by Crippen LogP contribution is -2.37. The third-order valence-electron chi connectivity index (χ3n) is 1.13. The number of hydrogen-bond donors (Lipinski definition) is 2. The smallest absolute Gasteiger partial charge is 0.0163 e. The predicted molar refractivity (Wildman–Crippen MR) is 61.7 cm³/mol. The molecule has 0 unspecified atom stereocenters. The Hall–Kier alpha value is 0.620. The van der Waals surface area contributed by atoms with Gasteiger partial charge in [-0.1, -0.05) is 21.6 Å². The van der Waals surface area contributed by atoms with E-state index >= 15 is 0 Å². The van der Waals surface area contributed by atoms with Crippen LogP contribution in [0.25, 0.3) is 0 Å². The zero-order valence-electron chi connectivity index (χ0n) is 8.22. The molecule has 12 heavy (non-hydrogen) atoms. The molecule has 0 saturated carbocycles. The molecule has 0 aromatic heterocycles. The molecule has 4 heteroatoms. The monoisotopic (exact) mass is 208 g/mol. The molecule has 0 aliphatic carbocycles. The Morgan fingerprint density at radius 3 is 2.25 bits per heavy atom. The summed E-state index contributed by atoms with van der Waals surface area (Å²) in [5.74, 6) is 2.21. The fourth-order valence-electron chi connectivity index (χ4n) is 0.634. The topological polar surface area (TPSA) is 38.0 Å². The van der Waals surface area contributed by atoms with Crippen molar-refractivity contribution in [1.29, 1.82) is 0 Å². The first kappa shape index (κ1) is 12.6. The first-order valence-corrected chi connectivity index (χ1v) is 6.74. The van der Waals surface area contributed by atoms with Crippen LogP contribution in [-0.4, -0.2) is 30.1 Å². The van der Waals surface area contributed by atoms with Gasteiger partial charge in [-0.2, -0.15) is 0 Å². The lowest BCUT2D eigenvalue weighted by molar-refractivity contribution is 0.441. The molecule has 0 bridgehead atoms. The molecule has 0 aliphatic rings. The van der Waals surface area contributed by atoms with Crippen LogP contribution in [0.3, 0.4) is 0 Å². The molecule has 0 saturated heterocycles. The van der Waals surface area contributed by atoms with Gasteiger partial charge in [-0.05, 0) is 20.8 Å². The third-order valence-corrected chi connectivity index (χ3v) is 3.57. The molecule has 0 atom stereocenters. The van der Waals surface area contributed by atoms with Gasteiger partial charge in [-0.15, -0.1) is 0 Å². The van der Waals surface area contributed by atoms with Gasteiger partial charge in [0, 0.05) is 30.1 Å². The Labute approximate surface area is 83.8 Å². The summed E-state index contributed by atoms with van der Waals surface area (Å²) < 4.78 is 0. The van der Waals surface area contributed by atoms with Gasteiger partial charge in [0.1, 0.15) is 0 Å². The van der Waals surface area contributed by atoms with Gasteiger partial charge in [-0.25, -0.2) is 0 Å². The van der Waals surface area contributed by atoms with Crippen molar-refractivity contribution < 1.29 is 0 Å². The van der Waals surface area contributed by atoms with E-state index in [9.17, 15) is 0 Å². The molecule has 0 aliphatic heterocycles. The Morgan fingerprint density at radius 1 is 1.17 bits per heavy atom. The quantitative estimate of drug-likeness (QED) is 0.515. The largest absolute Gasteiger partial charge is 0.330 e. The highest BCUT2D eigenvalue weighted by Crippen LogP contribution is 2.19. The number of nitrogens with one attached hydrogen (secondary N) is 1. The summed E-state index contributed by atoms with van der Waals surface area (Å²) in [4.78, 5) is 0. The van der Waals surface area contributed by atoms with Gasteiger partial charge in [0.2, 0.25) is 0 Å². The first-order valence-electron chi connectivity index (χ1n) is 4.26. The summed E-state index contributed by atoms with van der Waals surface area (Å²) in [6, 6.07) is 0. The van der Waals surface area contributed by atoms with Crippen LogP contribution in [0.15, 0.2) is 0 Å². The van der Waals surface area contributed by atoms with Crippen molar-refractivity contribution in [3.63, 3.8) is 0 Å². The molecule has 0 radical (unpaired) electrons. The van der Waals surface area contributed by atoms with E-state index in [1.165, 1.54) is 0 Å². The van der Waals surface area contributed by atoms with Crippen LogP contribution >= 0.6 is 21.6 Å². The van der Waals surface area contributed by atoms with Gasteiger partial charge in [0.25, 0.3) is 0 Å². The average molecular weight is 208 g/mol. The molecular formula is C8H20N2S2. The van der Waals surface area contributed by atoms with E-state index in [0.717, 1.165) is 24.6 Å². The molecule has 74 valence electrons. The molecule has 0 heterocycles. The van der Waals surface area contributed by atoms with Gasteiger partial charge in [0.15, 0.2) is 0 Å². The standard InChI is InChI=1S/C8H20N2S2/c1-8(2,3)10-5-7-12-11-6-4-9/h10H,4-7,9H2,1-3H3. The summed E-state index contributed by atoms with van der Waals surface area (Å²) >= 11 is 0. The molecule has 0 aromatic rings. The van der Waals surface area contributed by atoms with Crippen molar-refractivity contribution in [2.45, 2.75) is 26.3 Å². The van der Waals surface area contributed by atoms with Crippen LogP contribution in [0.4, 0.5) is 0 Å². The number of hydrogen-bond acceptors (Lipinski definition) is 4. The van der Waals surface area contributed by atoms with Gasteiger partial charge < -0.3 is 11.1 Å². The second kappa shape index (κ2) is 7.06. The molecule has 0 spiro atoms. The van der Waals surface area contributed by atoms with Crippen molar-refractivity contribution in [3.05, 3.63) is 0 Å². The number of rotatable bonds is 6. The van der Waals surface area contributed by atoms with Crippen molar-refractivity contribution >= 4 is 21.6 Å². The lowest BCUT2D eigenvalue weighted by atomic mass is 10.1. The van der Waals surface area contributed by atoms with Crippen molar-refractivity contribution in [2.24, 2.45) is 5.73 Å². The Balaban J connectivity index is 3.01. The minimum absolute atomic E-state index is 0.249. The van der Waals surface area contributed by atoms with E-state index in [1.807, 2.05) is 21.6 Å². The third kappa shape index (κ3) is 10.6. The molecule has 0 fully saturated rings. The zero-order valence-corrected chi connectivity index (χ0v) is 9.86. The summed E-state index contributed by atoms with van der Waals surface area (Å²) in [6.07, 6.45) is 0. The maximum absolute atomic E-state index is 5.36. The molecular weight excluding hydrogens is 188 g/mol. The Morgan fingerprint density at radius 2 is 1.75 bits per heavy atom. The summed E-state index contributed by atoms with van der Waals surface area (Å²) in [6.45, 7) is 8.41. The first-order chi connectivity index (χ1) is 5.56. The van der Waals surface area contributed by atoms with Crippen molar-refractivity contribution in [3.8, 4) is 0 Å². The van der Waals surface area contributed by atoms with E-state index < -0.39 is 0 Å². The molecule has 2 nitrogen and oxygen atoms in total. The van der Waals surface area contributed by atoms with E-state index in [4.69, 9.17) is 5.73 Å².